The summed E-state index contributed by atoms with van der Waals surface area (Å²) in [5.74, 6) is 0.628. The summed E-state index contributed by atoms with van der Waals surface area (Å²) < 4.78 is 9.67. The largest absolute Gasteiger partial charge is 0.378 e. The Hall–Kier alpha value is -1.85. The highest BCUT2D eigenvalue weighted by Gasteiger charge is 2.32. The van der Waals surface area contributed by atoms with Gasteiger partial charge < -0.3 is 4.74 Å². The van der Waals surface area contributed by atoms with Gasteiger partial charge in [0.25, 0.3) is 5.56 Å². The lowest BCUT2D eigenvalue weighted by molar-refractivity contribution is -0.0676. The van der Waals surface area contributed by atoms with E-state index in [4.69, 9.17) is 4.74 Å². The number of rotatable bonds is 3. The first kappa shape index (κ1) is 16.6. The van der Waals surface area contributed by atoms with E-state index in [1.165, 1.54) is 12.8 Å². The highest BCUT2D eigenvalue weighted by Crippen LogP contribution is 2.29. The summed E-state index contributed by atoms with van der Waals surface area (Å²) in [6.45, 7) is 5.76. The van der Waals surface area contributed by atoms with E-state index >= 15 is 0 Å². The molecule has 0 aliphatic carbocycles. The Bertz CT molecular complexity index is 793. The lowest BCUT2D eigenvalue weighted by Crippen LogP contribution is -2.46. The average Bonchev–Trinajstić information content (AvgIpc) is 2.86. The molecule has 2 atom stereocenters. The zero-order valence-corrected chi connectivity index (χ0v) is 15.1. The van der Waals surface area contributed by atoms with Crippen molar-refractivity contribution in [3.63, 3.8) is 0 Å². The van der Waals surface area contributed by atoms with Gasteiger partial charge in [0.15, 0.2) is 0 Å². The minimum absolute atomic E-state index is 0.105. The van der Waals surface area contributed by atoms with Gasteiger partial charge in [0.05, 0.1) is 17.4 Å². The second-order valence-corrected chi connectivity index (χ2v) is 7.38. The van der Waals surface area contributed by atoms with Crippen LogP contribution in [0.25, 0.3) is 5.69 Å². The van der Waals surface area contributed by atoms with Crippen molar-refractivity contribution in [2.24, 2.45) is 13.0 Å². The molecule has 1 aromatic carbocycles. The molecule has 0 spiro atoms. The molecule has 2 aliphatic rings. The Morgan fingerprint density at radius 1 is 1.20 bits per heavy atom. The molecule has 2 aromatic rings. The van der Waals surface area contributed by atoms with E-state index < -0.39 is 0 Å². The van der Waals surface area contributed by atoms with E-state index in [1.54, 1.807) is 4.68 Å². The number of likely N-dealkylation sites (tertiary alicyclic amines) is 1. The third-order valence-electron chi connectivity index (χ3n) is 5.85. The molecule has 2 unspecified atom stereocenters. The van der Waals surface area contributed by atoms with Crippen LogP contribution in [0.4, 0.5) is 0 Å². The summed E-state index contributed by atoms with van der Waals surface area (Å²) in [6, 6.07) is 9.88. The molecule has 0 N–H and O–H groups in total. The molecule has 1 aromatic heterocycles. The van der Waals surface area contributed by atoms with Crippen LogP contribution >= 0.6 is 0 Å². The van der Waals surface area contributed by atoms with E-state index in [-0.39, 0.29) is 5.56 Å². The predicted octanol–water partition coefficient (Wildman–Crippen LogP) is 2.49. The van der Waals surface area contributed by atoms with E-state index in [0.717, 1.165) is 49.6 Å². The molecule has 0 saturated carbocycles. The summed E-state index contributed by atoms with van der Waals surface area (Å²) in [6.07, 6.45) is 3.94. The molecule has 5 heteroatoms. The average molecular weight is 341 g/mol. The number of aromatic nitrogens is 2. The van der Waals surface area contributed by atoms with Crippen LogP contribution in [0.1, 0.15) is 30.5 Å². The Morgan fingerprint density at radius 3 is 2.80 bits per heavy atom. The van der Waals surface area contributed by atoms with Gasteiger partial charge in [-0.1, -0.05) is 18.2 Å². The molecule has 0 radical (unpaired) electrons. The van der Waals surface area contributed by atoms with Crippen molar-refractivity contribution >= 4 is 0 Å². The molecule has 134 valence electrons. The fraction of sp³-hybridized carbons (Fsp3) is 0.550. The highest BCUT2D eigenvalue weighted by molar-refractivity contribution is 5.33. The zero-order chi connectivity index (χ0) is 17.4. The minimum Gasteiger partial charge on any atom is -0.378 e. The monoisotopic (exact) mass is 341 g/mol. The second kappa shape index (κ2) is 6.81. The first-order valence-electron chi connectivity index (χ1n) is 9.32. The number of nitrogens with zero attached hydrogens (tertiary/aromatic N) is 3. The zero-order valence-electron chi connectivity index (χ0n) is 15.1. The summed E-state index contributed by atoms with van der Waals surface area (Å²) in [4.78, 5) is 15.5. The number of hydrogen-bond acceptors (Lipinski definition) is 3. The predicted molar refractivity (Wildman–Crippen MR) is 98.1 cm³/mol. The molecule has 5 nitrogen and oxygen atoms in total. The summed E-state index contributed by atoms with van der Waals surface area (Å²) >= 11 is 0. The maximum absolute atomic E-state index is 13.1. The normalized spacial score (nSPS) is 24.2. The number of benzene rings is 1. The van der Waals surface area contributed by atoms with Crippen LogP contribution < -0.4 is 5.56 Å². The van der Waals surface area contributed by atoms with Gasteiger partial charge in [0, 0.05) is 39.0 Å². The molecular formula is C20H27N3O2. The lowest BCUT2D eigenvalue weighted by Gasteiger charge is -2.40. The Labute approximate surface area is 148 Å². The fourth-order valence-electron chi connectivity index (χ4n) is 4.34. The Kier molecular flexibility index (Phi) is 4.52. The van der Waals surface area contributed by atoms with Crippen LogP contribution in [0, 0.1) is 12.8 Å². The molecule has 2 saturated heterocycles. The topological polar surface area (TPSA) is 39.4 Å². The van der Waals surface area contributed by atoms with Gasteiger partial charge in [0.1, 0.15) is 0 Å². The Balaban J connectivity index is 1.58. The second-order valence-electron chi connectivity index (χ2n) is 7.38. The van der Waals surface area contributed by atoms with Crippen LogP contribution in [-0.4, -0.2) is 40.1 Å². The van der Waals surface area contributed by atoms with Crippen molar-refractivity contribution in [1.82, 2.24) is 14.3 Å². The molecular weight excluding hydrogens is 314 g/mol. The molecule has 0 amide bonds. The van der Waals surface area contributed by atoms with Gasteiger partial charge in [-0.2, -0.15) is 0 Å². The molecule has 2 fully saturated rings. The number of piperidine rings is 1. The van der Waals surface area contributed by atoms with Crippen molar-refractivity contribution in [2.75, 3.05) is 19.7 Å². The van der Waals surface area contributed by atoms with Crippen molar-refractivity contribution in [1.29, 1.82) is 0 Å². The molecule has 25 heavy (non-hydrogen) atoms. The number of ether oxygens (including phenoxy) is 1. The molecule has 4 rings (SSSR count). The van der Waals surface area contributed by atoms with Crippen LogP contribution in [0.15, 0.2) is 35.1 Å². The van der Waals surface area contributed by atoms with Crippen molar-refractivity contribution in [3.8, 4) is 5.69 Å². The Morgan fingerprint density at radius 2 is 2.00 bits per heavy atom. The van der Waals surface area contributed by atoms with Gasteiger partial charge in [-0.25, -0.2) is 4.68 Å². The first-order chi connectivity index (χ1) is 12.1. The van der Waals surface area contributed by atoms with Crippen molar-refractivity contribution in [2.45, 2.75) is 38.8 Å². The summed E-state index contributed by atoms with van der Waals surface area (Å²) in [5.41, 5.74) is 2.99. The molecule has 3 heterocycles. The first-order valence-corrected chi connectivity index (χ1v) is 9.32. The smallest absolute Gasteiger partial charge is 0.276 e. The van der Waals surface area contributed by atoms with Gasteiger partial charge in [-0.05, 0) is 44.2 Å². The van der Waals surface area contributed by atoms with Crippen molar-refractivity contribution in [3.05, 3.63) is 51.9 Å². The summed E-state index contributed by atoms with van der Waals surface area (Å²) in [7, 11) is 1.97. The van der Waals surface area contributed by atoms with Gasteiger partial charge in [0.2, 0.25) is 0 Å². The third-order valence-corrected chi connectivity index (χ3v) is 5.85. The molecule has 2 aliphatic heterocycles. The maximum Gasteiger partial charge on any atom is 0.276 e. The highest BCUT2D eigenvalue weighted by atomic mass is 16.5. The van der Waals surface area contributed by atoms with Crippen LogP contribution in [0.2, 0.25) is 0 Å². The lowest BCUT2D eigenvalue weighted by atomic mass is 9.88. The minimum atomic E-state index is 0.105. The number of para-hydroxylation sites is 1. The molecule has 0 bridgehead atoms. The van der Waals surface area contributed by atoms with Gasteiger partial charge >= 0.3 is 0 Å². The number of hydrogen-bond donors (Lipinski definition) is 0. The fourth-order valence-corrected chi connectivity index (χ4v) is 4.34. The third kappa shape index (κ3) is 3.07. The van der Waals surface area contributed by atoms with E-state index in [9.17, 15) is 4.79 Å². The van der Waals surface area contributed by atoms with E-state index in [1.807, 2.05) is 49.0 Å². The number of fused-ring (bicyclic) bond motifs is 1. The summed E-state index contributed by atoms with van der Waals surface area (Å²) in [5, 5.41) is 0. The standard InChI is InChI=1S/C20H27N3O2/c1-15-18(14-22-11-10-19-16(13-22)7-6-12-25-19)20(24)23(21(15)2)17-8-4-3-5-9-17/h3-5,8-9,16,19H,6-7,10-14H2,1-2H3. The van der Waals surface area contributed by atoms with E-state index in [0.29, 0.717) is 12.0 Å². The van der Waals surface area contributed by atoms with Crippen LogP contribution in [0.5, 0.6) is 0 Å². The van der Waals surface area contributed by atoms with Crippen LogP contribution in [0.3, 0.4) is 0 Å². The van der Waals surface area contributed by atoms with Crippen molar-refractivity contribution < 1.29 is 4.74 Å². The van der Waals surface area contributed by atoms with Crippen LogP contribution in [-0.2, 0) is 18.3 Å². The quantitative estimate of drug-likeness (QED) is 0.861. The maximum atomic E-state index is 13.1. The SMILES string of the molecule is Cc1c(CN2CCC3OCCCC3C2)c(=O)n(-c2ccccc2)n1C. The van der Waals surface area contributed by atoms with Gasteiger partial charge in [-0.3, -0.25) is 14.4 Å². The van der Waals surface area contributed by atoms with E-state index in [2.05, 4.69) is 4.90 Å². The van der Waals surface area contributed by atoms with Gasteiger partial charge in [-0.15, -0.1) is 0 Å².